The third-order valence-corrected chi connectivity index (χ3v) is 3.88. The van der Waals surface area contributed by atoms with Crippen molar-refractivity contribution in [3.8, 4) is 0 Å². The molecule has 5 nitrogen and oxygen atoms in total. The van der Waals surface area contributed by atoms with Crippen LogP contribution < -0.4 is 11.1 Å². The first-order valence-corrected chi connectivity index (χ1v) is 7.07. The van der Waals surface area contributed by atoms with Crippen LogP contribution in [0.4, 0.5) is 5.95 Å². The van der Waals surface area contributed by atoms with Gasteiger partial charge in [-0.15, -0.1) is 10.2 Å². The van der Waals surface area contributed by atoms with Crippen molar-refractivity contribution < 1.29 is 0 Å². The molecule has 2 atom stereocenters. The molecule has 0 radical (unpaired) electrons. The van der Waals surface area contributed by atoms with Crippen molar-refractivity contribution >= 4 is 5.95 Å². The largest absolute Gasteiger partial charge is 0.355 e. The normalized spacial score (nSPS) is 28.3. The van der Waals surface area contributed by atoms with Crippen LogP contribution in [0.25, 0.3) is 0 Å². The molecule has 2 rings (SSSR count). The average molecular weight is 251 g/mol. The fraction of sp³-hybridized carbons (Fsp3) is 0.846. The van der Waals surface area contributed by atoms with E-state index < -0.39 is 0 Å². The van der Waals surface area contributed by atoms with E-state index in [0.717, 1.165) is 37.7 Å². The number of nitrogens with one attached hydrogen (secondary N) is 1. The lowest BCUT2D eigenvalue weighted by Gasteiger charge is -2.36. The summed E-state index contributed by atoms with van der Waals surface area (Å²) in [5.74, 6) is 2.47. The van der Waals surface area contributed by atoms with Crippen LogP contribution >= 0.6 is 0 Å². The highest BCUT2D eigenvalue weighted by atomic mass is 15.4. The lowest BCUT2D eigenvalue weighted by molar-refractivity contribution is 0.222. The van der Waals surface area contributed by atoms with Gasteiger partial charge in [-0.2, -0.15) is 0 Å². The summed E-state index contributed by atoms with van der Waals surface area (Å²) in [5.41, 5.74) is 6.31. The van der Waals surface area contributed by atoms with E-state index in [0.29, 0.717) is 5.92 Å². The van der Waals surface area contributed by atoms with Crippen molar-refractivity contribution in [2.75, 3.05) is 11.9 Å². The molecule has 1 heterocycles. The summed E-state index contributed by atoms with van der Waals surface area (Å²) in [7, 11) is 0. The maximum atomic E-state index is 6.61. The van der Waals surface area contributed by atoms with Crippen molar-refractivity contribution in [2.24, 2.45) is 11.7 Å². The van der Waals surface area contributed by atoms with E-state index in [-0.39, 0.29) is 5.54 Å². The van der Waals surface area contributed by atoms with Crippen LogP contribution in [0.3, 0.4) is 0 Å². The Bertz CT molecular complexity index is 400. The van der Waals surface area contributed by atoms with E-state index in [1.165, 1.54) is 12.8 Å². The molecule has 1 aliphatic carbocycles. The lowest BCUT2D eigenvalue weighted by atomic mass is 9.76. The molecular weight excluding hydrogens is 226 g/mol. The predicted molar refractivity (Wildman–Crippen MR) is 73.4 cm³/mol. The summed E-state index contributed by atoms with van der Waals surface area (Å²) in [6, 6.07) is 0. The Hall–Kier alpha value is -1.10. The zero-order valence-electron chi connectivity index (χ0n) is 11.7. The number of nitrogens with two attached hydrogens (primary N) is 1. The number of nitrogens with zero attached hydrogens (tertiary/aromatic N) is 3. The quantitative estimate of drug-likeness (QED) is 0.860. The topological polar surface area (TPSA) is 68.8 Å². The van der Waals surface area contributed by atoms with E-state index in [1.807, 2.05) is 0 Å². The number of rotatable bonds is 4. The lowest BCUT2D eigenvalue weighted by Crippen LogP contribution is -2.43. The highest BCUT2D eigenvalue weighted by molar-refractivity contribution is 5.28. The molecule has 0 aromatic carbocycles. The highest BCUT2D eigenvalue weighted by Crippen LogP contribution is 2.37. The molecule has 2 unspecified atom stereocenters. The van der Waals surface area contributed by atoms with Crippen LogP contribution in [-0.4, -0.2) is 21.3 Å². The summed E-state index contributed by atoms with van der Waals surface area (Å²) < 4.78 is 2.13. The van der Waals surface area contributed by atoms with E-state index in [2.05, 4.69) is 40.9 Å². The molecule has 0 spiro atoms. The first kappa shape index (κ1) is 13.3. The Morgan fingerprint density at radius 2 is 2.22 bits per heavy atom. The fourth-order valence-corrected chi connectivity index (χ4v) is 3.05. The van der Waals surface area contributed by atoms with Gasteiger partial charge in [0.2, 0.25) is 5.95 Å². The zero-order valence-corrected chi connectivity index (χ0v) is 11.7. The molecule has 1 aromatic heterocycles. The van der Waals surface area contributed by atoms with Crippen LogP contribution in [0.1, 0.15) is 52.3 Å². The number of hydrogen-bond donors (Lipinski definition) is 2. The molecule has 1 fully saturated rings. The van der Waals surface area contributed by atoms with E-state index in [4.69, 9.17) is 5.73 Å². The maximum Gasteiger partial charge on any atom is 0.224 e. The second kappa shape index (κ2) is 5.26. The van der Waals surface area contributed by atoms with Crippen molar-refractivity contribution in [1.29, 1.82) is 0 Å². The van der Waals surface area contributed by atoms with Gasteiger partial charge in [-0.05, 0) is 32.6 Å². The van der Waals surface area contributed by atoms with Gasteiger partial charge in [0.25, 0.3) is 0 Å². The van der Waals surface area contributed by atoms with Crippen molar-refractivity contribution in [3.05, 3.63) is 5.82 Å². The number of hydrogen-bond acceptors (Lipinski definition) is 4. The smallest absolute Gasteiger partial charge is 0.224 e. The molecule has 0 amide bonds. The van der Waals surface area contributed by atoms with Crippen LogP contribution in [-0.2, 0) is 12.1 Å². The third kappa shape index (κ3) is 2.36. The highest BCUT2D eigenvalue weighted by Gasteiger charge is 2.37. The van der Waals surface area contributed by atoms with Gasteiger partial charge in [0, 0.05) is 13.1 Å². The molecule has 3 N–H and O–H groups in total. The predicted octanol–water partition coefficient (Wildman–Crippen LogP) is 2.09. The Labute approximate surface area is 109 Å². The maximum absolute atomic E-state index is 6.61. The molecule has 1 aliphatic rings. The van der Waals surface area contributed by atoms with Gasteiger partial charge in [0.15, 0.2) is 5.82 Å². The molecule has 102 valence electrons. The van der Waals surface area contributed by atoms with Gasteiger partial charge >= 0.3 is 0 Å². The third-order valence-electron chi connectivity index (χ3n) is 3.88. The molecule has 1 aromatic rings. The van der Waals surface area contributed by atoms with Gasteiger partial charge in [-0.3, -0.25) is 4.57 Å². The van der Waals surface area contributed by atoms with Crippen molar-refractivity contribution in [2.45, 2.75) is 58.5 Å². The second-order valence-electron chi connectivity index (χ2n) is 5.48. The first-order valence-electron chi connectivity index (χ1n) is 7.07. The van der Waals surface area contributed by atoms with E-state index in [1.54, 1.807) is 0 Å². The first-order chi connectivity index (χ1) is 8.60. The van der Waals surface area contributed by atoms with Crippen LogP contribution in [0.2, 0.25) is 0 Å². The zero-order chi connectivity index (χ0) is 13.2. The SMILES string of the molecule is CCNc1nnc(C2(N)CCCC(C)C2)n1CC. The second-order valence-corrected chi connectivity index (χ2v) is 5.48. The average Bonchev–Trinajstić information content (AvgIpc) is 2.73. The number of anilines is 1. The minimum atomic E-state index is -0.297. The van der Waals surface area contributed by atoms with Crippen molar-refractivity contribution in [3.63, 3.8) is 0 Å². The Balaban J connectivity index is 2.31. The Kier molecular flexibility index (Phi) is 3.90. The van der Waals surface area contributed by atoms with Crippen LogP contribution in [0, 0.1) is 5.92 Å². The monoisotopic (exact) mass is 251 g/mol. The molecule has 0 bridgehead atoms. The summed E-state index contributed by atoms with van der Waals surface area (Å²) in [4.78, 5) is 0. The molecule has 18 heavy (non-hydrogen) atoms. The van der Waals surface area contributed by atoms with E-state index >= 15 is 0 Å². The minimum absolute atomic E-state index is 0.297. The molecular formula is C13H25N5. The molecule has 5 heteroatoms. The van der Waals surface area contributed by atoms with Gasteiger partial charge < -0.3 is 11.1 Å². The Morgan fingerprint density at radius 1 is 1.44 bits per heavy atom. The van der Waals surface area contributed by atoms with Crippen LogP contribution in [0.15, 0.2) is 0 Å². The summed E-state index contributed by atoms with van der Waals surface area (Å²) in [5, 5.41) is 11.9. The van der Waals surface area contributed by atoms with Gasteiger partial charge in [-0.25, -0.2) is 0 Å². The van der Waals surface area contributed by atoms with Gasteiger partial charge in [-0.1, -0.05) is 19.8 Å². The van der Waals surface area contributed by atoms with E-state index in [9.17, 15) is 0 Å². The summed E-state index contributed by atoms with van der Waals surface area (Å²) in [6.07, 6.45) is 4.49. The fourth-order valence-electron chi connectivity index (χ4n) is 3.05. The van der Waals surface area contributed by atoms with Gasteiger partial charge in [0.1, 0.15) is 0 Å². The summed E-state index contributed by atoms with van der Waals surface area (Å²) >= 11 is 0. The summed E-state index contributed by atoms with van der Waals surface area (Å²) in [6.45, 7) is 8.17. The minimum Gasteiger partial charge on any atom is -0.355 e. The Morgan fingerprint density at radius 3 is 2.83 bits per heavy atom. The number of aromatic nitrogens is 3. The molecule has 0 aliphatic heterocycles. The molecule has 0 saturated heterocycles. The molecule has 1 saturated carbocycles. The van der Waals surface area contributed by atoms with Crippen molar-refractivity contribution in [1.82, 2.24) is 14.8 Å². The standard InChI is InChI=1S/C13H25N5/c1-4-15-12-17-16-11(18(12)5-2)13(14)8-6-7-10(3)9-13/h10H,4-9,14H2,1-3H3,(H,15,17). The van der Waals surface area contributed by atoms with Gasteiger partial charge in [0.05, 0.1) is 5.54 Å². The van der Waals surface area contributed by atoms with Crippen LogP contribution in [0.5, 0.6) is 0 Å².